The number of benzene rings is 1. The quantitative estimate of drug-likeness (QED) is 0.496. The van der Waals surface area contributed by atoms with Gasteiger partial charge >= 0.3 is 0 Å². The van der Waals surface area contributed by atoms with Gasteiger partial charge in [-0.05, 0) is 50.8 Å². The average Bonchev–Trinajstić information content (AvgIpc) is 3.30. The molecular formula is C22H26F4N4O2S. The number of aromatic nitrogens is 1. The fourth-order valence-electron chi connectivity index (χ4n) is 4.65. The summed E-state index contributed by atoms with van der Waals surface area (Å²) in [6.45, 7) is 5.86. The molecule has 2 saturated heterocycles. The number of rotatable bonds is 6. The summed E-state index contributed by atoms with van der Waals surface area (Å²) in [4.78, 5) is 6.14. The number of nitrogens with one attached hydrogen (secondary N) is 1. The highest BCUT2D eigenvalue weighted by Crippen LogP contribution is 2.34. The van der Waals surface area contributed by atoms with Crippen molar-refractivity contribution in [2.24, 2.45) is 5.92 Å². The van der Waals surface area contributed by atoms with Gasteiger partial charge in [-0.15, -0.1) is 0 Å². The van der Waals surface area contributed by atoms with Crippen molar-refractivity contribution < 1.29 is 26.0 Å². The monoisotopic (exact) mass is 486 g/mol. The molecule has 11 heteroatoms. The number of hydrogen-bond donors (Lipinski definition) is 1. The lowest BCUT2D eigenvalue weighted by Gasteiger charge is -2.24. The third-order valence-corrected chi connectivity index (χ3v) is 7.65. The van der Waals surface area contributed by atoms with Crippen LogP contribution in [0.2, 0.25) is 0 Å². The van der Waals surface area contributed by atoms with E-state index in [0.29, 0.717) is 39.1 Å². The molecular weight excluding hydrogens is 460 g/mol. The smallest absolute Gasteiger partial charge is 0.268 e. The molecule has 3 heterocycles. The molecule has 180 valence electrons. The van der Waals surface area contributed by atoms with E-state index in [2.05, 4.69) is 9.88 Å². The molecule has 2 aliphatic rings. The third kappa shape index (κ3) is 5.08. The van der Waals surface area contributed by atoms with Crippen molar-refractivity contribution in [3.63, 3.8) is 0 Å². The Morgan fingerprint density at radius 1 is 1.24 bits per heavy atom. The van der Waals surface area contributed by atoms with Gasteiger partial charge in [0.25, 0.3) is 10.0 Å². The molecule has 6 nitrogen and oxygen atoms in total. The van der Waals surface area contributed by atoms with Crippen LogP contribution in [0.25, 0.3) is 0 Å². The number of hydrogen-bond acceptors (Lipinski definition) is 5. The van der Waals surface area contributed by atoms with Crippen LogP contribution in [0.15, 0.2) is 29.2 Å². The van der Waals surface area contributed by atoms with Gasteiger partial charge in [0.05, 0.1) is 0 Å². The summed E-state index contributed by atoms with van der Waals surface area (Å²) in [6, 6.07) is 4.43. The predicted octanol–water partition coefficient (Wildman–Crippen LogP) is 3.87. The van der Waals surface area contributed by atoms with Gasteiger partial charge in [0.15, 0.2) is 10.7 Å². The minimum absolute atomic E-state index is 0.00197. The summed E-state index contributed by atoms with van der Waals surface area (Å²) in [5.74, 6) is -3.55. The first-order valence-corrected chi connectivity index (χ1v) is 12.2. The van der Waals surface area contributed by atoms with E-state index in [4.69, 9.17) is 0 Å². The zero-order chi connectivity index (χ0) is 24.0. The fourth-order valence-corrected chi connectivity index (χ4v) is 5.84. The lowest BCUT2D eigenvalue weighted by atomic mass is 10.1. The number of pyridine rings is 1. The molecule has 0 bridgehead atoms. The molecule has 1 unspecified atom stereocenters. The second kappa shape index (κ2) is 8.75. The molecule has 0 radical (unpaired) electrons. The van der Waals surface area contributed by atoms with Gasteiger partial charge in [-0.3, -0.25) is 9.62 Å². The van der Waals surface area contributed by atoms with E-state index in [1.165, 1.54) is 19.1 Å². The maximum Gasteiger partial charge on any atom is 0.268 e. The zero-order valence-corrected chi connectivity index (χ0v) is 19.2. The van der Waals surface area contributed by atoms with Crippen LogP contribution in [0.4, 0.5) is 29.1 Å². The van der Waals surface area contributed by atoms with Crippen LogP contribution in [0.3, 0.4) is 0 Å². The third-order valence-electron chi connectivity index (χ3n) is 6.26. The molecule has 0 saturated carbocycles. The molecule has 2 atom stereocenters. The molecule has 1 aromatic carbocycles. The second-order valence-electron chi connectivity index (χ2n) is 9.10. The Morgan fingerprint density at radius 3 is 2.67 bits per heavy atom. The van der Waals surface area contributed by atoms with Crippen molar-refractivity contribution in [3.05, 3.63) is 47.4 Å². The highest BCUT2D eigenvalue weighted by atomic mass is 32.2. The summed E-state index contributed by atoms with van der Waals surface area (Å²) < 4.78 is 84.6. The molecule has 1 aromatic heterocycles. The molecule has 2 aliphatic heterocycles. The predicted molar refractivity (Wildman–Crippen MR) is 117 cm³/mol. The van der Waals surface area contributed by atoms with Crippen LogP contribution in [0, 0.1) is 30.4 Å². The number of sulfonamides is 1. The summed E-state index contributed by atoms with van der Waals surface area (Å²) in [6.07, 6.45) is 1.28. The largest absolute Gasteiger partial charge is 0.371 e. The SMILES string of the molecule is Cc1c(N2CCC(CN3CC[C@](C)(F)C3)C2)cc(F)c(S(=O)(=O)Nc2cccc(F)n2)c1F. The van der Waals surface area contributed by atoms with E-state index in [0.717, 1.165) is 18.6 Å². The van der Waals surface area contributed by atoms with Crippen LogP contribution < -0.4 is 9.62 Å². The molecule has 1 N–H and O–H groups in total. The van der Waals surface area contributed by atoms with Crippen molar-refractivity contribution in [1.29, 1.82) is 0 Å². The summed E-state index contributed by atoms with van der Waals surface area (Å²) in [5.41, 5.74) is -0.897. The Labute approximate surface area is 190 Å². The lowest BCUT2D eigenvalue weighted by molar-refractivity contribution is 0.181. The number of anilines is 2. The molecule has 0 aliphatic carbocycles. The first kappa shape index (κ1) is 23.7. The van der Waals surface area contributed by atoms with Crippen LogP contribution in [0.1, 0.15) is 25.3 Å². The van der Waals surface area contributed by atoms with E-state index < -0.39 is 38.2 Å². The Bertz CT molecular complexity index is 1160. The second-order valence-corrected chi connectivity index (χ2v) is 10.7. The molecule has 0 amide bonds. The topological polar surface area (TPSA) is 65.5 Å². The fraction of sp³-hybridized carbons (Fsp3) is 0.500. The maximum absolute atomic E-state index is 15.1. The first-order chi connectivity index (χ1) is 15.4. The van der Waals surface area contributed by atoms with Crippen LogP contribution in [-0.2, 0) is 10.0 Å². The number of halogens is 4. The summed E-state index contributed by atoms with van der Waals surface area (Å²) in [7, 11) is -4.68. The van der Waals surface area contributed by atoms with Gasteiger partial charge in [-0.1, -0.05) is 6.07 Å². The first-order valence-electron chi connectivity index (χ1n) is 10.8. The van der Waals surface area contributed by atoms with E-state index >= 15 is 4.39 Å². The Morgan fingerprint density at radius 2 is 2.00 bits per heavy atom. The highest BCUT2D eigenvalue weighted by molar-refractivity contribution is 7.92. The minimum Gasteiger partial charge on any atom is -0.371 e. The zero-order valence-electron chi connectivity index (χ0n) is 18.4. The van der Waals surface area contributed by atoms with Gasteiger partial charge in [-0.25, -0.2) is 26.6 Å². The van der Waals surface area contributed by atoms with Crippen LogP contribution in [0.5, 0.6) is 0 Å². The maximum atomic E-state index is 15.1. The molecule has 2 aromatic rings. The Kier molecular flexibility index (Phi) is 6.30. The minimum atomic E-state index is -4.68. The van der Waals surface area contributed by atoms with E-state index in [1.807, 2.05) is 9.62 Å². The van der Waals surface area contributed by atoms with Gasteiger partial charge < -0.3 is 4.90 Å². The van der Waals surface area contributed by atoms with Gasteiger partial charge in [0, 0.05) is 44.0 Å². The molecule has 0 spiro atoms. The molecule has 4 rings (SSSR count). The normalized spacial score (nSPS) is 23.9. The highest BCUT2D eigenvalue weighted by Gasteiger charge is 2.36. The Hall–Kier alpha value is -2.40. The molecule has 33 heavy (non-hydrogen) atoms. The van der Waals surface area contributed by atoms with Gasteiger partial charge in [-0.2, -0.15) is 4.39 Å². The van der Waals surface area contributed by atoms with Crippen molar-refractivity contribution in [2.75, 3.05) is 42.3 Å². The number of nitrogens with zero attached hydrogens (tertiary/aromatic N) is 3. The van der Waals surface area contributed by atoms with E-state index in [9.17, 15) is 21.6 Å². The standard InChI is InChI=1S/C22H26F4N4O2S/c1-14-17(30-8-6-15(12-30)11-29-9-7-22(2,26)13-29)10-16(23)21(20(14)25)33(31,32)28-19-5-3-4-18(24)27-19/h3-5,10,15H,6-9,11-13H2,1-2H3,(H,27,28)/t15?,22-/m0/s1. The summed E-state index contributed by atoms with van der Waals surface area (Å²) in [5, 5.41) is 0. The number of likely N-dealkylation sites (tertiary alicyclic amines) is 1. The lowest BCUT2D eigenvalue weighted by Crippen LogP contribution is -2.32. The average molecular weight is 487 g/mol. The van der Waals surface area contributed by atoms with Crippen LogP contribution >= 0.6 is 0 Å². The van der Waals surface area contributed by atoms with Crippen molar-refractivity contribution in [1.82, 2.24) is 9.88 Å². The van der Waals surface area contributed by atoms with Crippen molar-refractivity contribution in [3.8, 4) is 0 Å². The number of alkyl halides is 1. The Balaban J connectivity index is 1.52. The van der Waals surface area contributed by atoms with Gasteiger partial charge in [0.1, 0.15) is 17.3 Å². The van der Waals surface area contributed by atoms with Crippen molar-refractivity contribution >= 4 is 21.5 Å². The summed E-state index contributed by atoms with van der Waals surface area (Å²) >= 11 is 0. The molecule has 2 fully saturated rings. The van der Waals surface area contributed by atoms with E-state index in [-0.39, 0.29) is 23.0 Å². The van der Waals surface area contributed by atoms with Crippen molar-refractivity contribution in [2.45, 2.75) is 37.3 Å². The van der Waals surface area contributed by atoms with E-state index in [1.54, 1.807) is 6.92 Å². The van der Waals surface area contributed by atoms with Crippen LogP contribution in [-0.4, -0.2) is 56.7 Å². The van der Waals surface area contributed by atoms with Gasteiger partial charge in [0.2, 0.25) is 5.95 Å².